The van der Waals surface area contributed by atoms with Crippen LogP contribution < -0.4 is 9.80 Å². The van der Waals surface area contributed by atoms with Crippen molar-refractivity contribution in [3.05, 3.63) is 75.3 Å². The van der Waals surface area contributed by atoms with Gasteiger partial charge < -0.3 is 0 Å². The Labute approximate surface area is 174 Å². The van der Waals surface area contributed by atoms with Crippen LogP contribution in [0.15, 0.2) is 65.5 Å². The summed E-state index contributed by atoms with van der Waals surface area (Å²) >= 11 is 12.3. The molecule has 0 aromatic heterocycles. The summed E-state index contributed by atoms with van der Waals surface area (Å²) in [6.45, 7) is 5.65. The third-order valence-corrected chi connectivity index (χ3v) is 5.50. The van der Waals surface area contributed by atoms with Gasteiger partial charge in [-0.2, -0.15) is 0 Å². The average molecular weight is 418 g/mol. The predicted octanol–water partition coefficient (Wildman–Crippen LogP) is 6.65. The van der Waals surface area contributed by atoms with Crippen LogP contribution in [-0.4, -0.2) is 17.6 Å². The minimum Gasteiger partial charge on any atom is -0.288 e. The summed E-state index contributed by atoms with van der Waals surface area (Å²) in [5.41, 5.74) is 1.22. The van der Waals surface area contributed by atoms with Gasteiger partial charge in [-0.25, -0.2) is 4.79 Å². The molecule has 0 saturated carbocycles. The smallest absolute Gasteiger partial charge is 0.288 e. The number of amides is 2. The fourth-order valence-electron chi connectivity index (χ4n) is 3.64. The number of nitroso groups, excluding NO2 is 1. The average Bonchev–Trinajstić information content (AvgIpc) is 2.84. The standard InChI is InChI=1S/C21H21Cl2N3O2/c1-14(24-28)10-11-19-21(2,3)26(18-9-5-7-16(23)13-18)20(27)25(19)17-8-4-6-15(22)12-17/h4-10,12-13,19H,11H2,1-3H3/b14-10+. The molecular formula is C21H21Cl2N3O2. The van der Waals surface area contributed by atoms with Gasteiger partial charge in [0, 0.05) is 21.4 Å². The van der Waals surface area contributed by atoms with Gasteiger partial charge >= 0.3 is 6.03 Å². The minimum atomic E-state index is -0.580. The molecule has 146 valence electrons. The largest absolute Gasteiger partial charge is 0.329 e. The molecule has 2 aromatic carbocycles. The third-order valence-electron chi connectivity index (χ3n) is 5.03. The number of allylic oxidation sites excluding steroid dienone is 1. The second-order valence-electron chi connectivity index (χ2n) is 7.29. The molecule has 0 spiro atoms. The van der Waals surface area contributed by atoms with E-state index < -0.39 is 5.54 Å². The quantitative estimate of drug-likeness (QED) is 0.511. The number of hydrogen-bond acceptors (Lipinski definition) is 3. The fraction of sp³-hybridized carbons (Fsp3) is 0.286. The van der Waals surface area contributed by atoms with Gasteiger partial charge in [0.15, 0.2) is 0 Å². The zero-order chi connectivity index (χ0) is 20.5. The lowest BCUT2D eigenvalue weighted by Crippen LogP contribution is -2.47. The zero-order valence-corrected chi connectivity index (χ0v) is 17.4. The molecule has 1 aliphatic rings. The van der Waals surface area contributed by atoms with Gasteiger partial charge in [-0.15, -0.1) is 4.91 Å². The molecule has 0 radical (unpaired) electrons. The van der Waals surface area contributed by atoms with Crippen molar-refractivity contribution < 1.29 is 4.79 Å². The normalized spacial score (nSPS) is 19.2. The van der Waals surface area contributed by atoms with Gasteiger partial charge in [0.2, 0.25) is 0 Å². The van der Waals surface area contributed by atoms with E-state index in [0.29, 0.717) is 33.5 Å². The summed E-state index contributed by atoms with van der Waals surface area (Å²) in [5, 5.41) is 4.07. The summed E-state index contributed by atoms with van der Waals surface area (Å²) in [6, 6.07) is 14.0. The van der Waals surface area contributed by atoms with Crippen molar-refractivity contribution in [1.29, 1.82) is 0 Å². The lowest BCUT2D eigenvalue weighted by atomic mass is 9.90. The molecule has 2 aromatic rings. The highest BCUT2D eigenvalue weighted by atomic mass is 35.5. The molecule has 1 unspecified atom stereocenters. The van der Waals surface area contributed by atoms with E-state index in [1.54, 1.807) is 47.1 Å². The molecule has 1 fully saturated rings. The van der Waals surface area contributed by atoms with E-state index in [4.69, 9.17) is 23.2 Å². The Morgan fingerprint density at radius 2 is 1.68 bits per heavy atom. The van der Waals surface area contributed by atoms with Gasteiger partial charge in [0.25, 0.3) is 0 Å². The van der Waals surface area contributed by atoms with Crippen LogP contribution in [0.1, 0.15) is 27.2 Å². The third kappa shape index (κ3) is 3.77. The minimum absolute atomic E-state index is 0.176. The molecule has 1 aliphatic heterocycles. The molecule has 2 amide bonds. The number of hydrogen-bond donors (Lipinski definition) is 0. The molecule has 0 N–H and O–H groups in total. The highest BCUT2D eigenvalue weighted by Gasteiger charge is 2.52. The second-order valence-corrected chi connectivity index (χ2v) is 8.16. The van der Waals surface area contributed by atoms with Crippen LogP contribution in [0, 0.1) is 4.91 Å². The first kappa shape index (κ1) is 20.4. The Hall–Kier alpha value is -2.37. The fourth-order valence-corrected chi connectivity index (χ4v) is 4.01. The Morgan fingerprint density at radius 1 is 1.11 bits per heavy atom. The molecule has 3 rings (SSSR count). The SMILES string of the molecule is C/C(=C\CC1N(c2cccc(Cl)c2)C(=O)N(c2cccc(Cl)c2)C1(C)C)N=O. The second kappa shape index (κ2) is 7.94. The van der Waals surface area contributed by atoms with Crippen LogP contribution >= 0.6 is 23.2 Å². The molecule has 1 saturated heterocycles. The van der Waals surface area contributed by atoms with Crippen LogP contribution in [0.3, 0.4) is 0 Å². The van der Waals surface area contributed by atoms with Crippen molar-refractivity contribution in [3.63, 3.8) is 0 Å². The Bertz CT molecular complexity index is 943. The lowest BCUT2D eigenvalue weighted by molar-refractivity contribution is 0.254. The van der Waals surface area contributed by atoms with Gasteiger partial charge in [0.1, 0.15) is 0 Å². The summed E-state index contributed by atoms with van der Waals surface area (Å²) in [6.07, 6.45) is 2.23. The molecular weight excluding hydrogens is 397 g/mol. The number of benzene rings is 2. The van der Waals surface area contributed by atoms with Crippen LogP contribution in [0.2, 0.25) is 10.0 Å². The van der Waals surface area contributed by atoms with E-state index in [-0.39, 0.29) is 12.1 Å². The molecule has 28 heavy (non-hydrogen) atoms. The monoisotopic (exact) mass is 417 g/mol. The molecule has 0 bridgehead atoms. The van der Waals surface area contributed by atoms with E-state index in [9.17, 15) is 9.70 Å². The maximum atomic E-state index is 13.5. The van der Waals surface area contributed by atoms with Crippen molar-refractivity contribution in [2.75, 3.05) is 9.80 Å². The zero-order valence-electron chi connectivity index (χ0n) is 15.9. The van der Waals surface area contributed by atoms with E-state index in [0.717, 1.165) is 0 Å². The molecule has 7 heteroatoms. The predicted molar refractivity (Wildman–Crippen MR) is 115 cm³/mol. The van der Waals surface area contributed by atoms with Crippen LogP contribution in [0.4, 0.5) is 16.2 Å². The number of rotatable bonds is 5. The van der Waals surface area contributed by atoms with Crippen LogP contribution in [0.5, 0.6) is 0 Å². The topological polar surface area (TPSA) is 53.0 Å². The Kier molecular flexibility index (Phi) is 5.77. The Balaban J connectivity index is 2.12. The number of anilines is 2. The molecule has 1 atom stereocenters. The van der Waals surface area contributed by atoms with E-state index >= 15 is 0 Å². The first-order valence-corrected chi connectivity index (χ1v) is 9.66. The highest BCUT2D eigenvalue weighted by molar-refractivity contribution is 6.31. The summed E-state index contributed by atoms with van der Waals surface area (Å²) in [4.78, 5) is 27.8. The lowest BCUT2D eigenvalue weighted by Gasteiger charge is -2.34. The maximum Gasteiger partial charge on any atom is 0.329 e. The van der Waals surface area contributed by atoms with E-state index in [1.807, 2.05) is 38.1 Å². The summed E-state index contributed by atoms with van der Waals surface area (Å²) in [7, 11) is 0. The van der Waals surface area contributed by atoms with Gasteiger partial charge in [-0.1, -0.05) is 41.4 Å². The number of urea groups is 1. The first-order valence-electron chi connectivity index (χ1n) is 8.90. The molecule has 1 heterocycles. The van der Waals surface area contributed by atoms with Gasteiger partial charge in [-0.3, -0.25) is 9.80 Å². The first-order chi connectivity index (χ1) is 13.3. The van der Waals surface area contributed by atoms with Crippen molar-refractivity contribution in [3.8, 4) is 0 Å². The van der Waals surface area contributed by atoms with Crippen LogP contribution in [0.25, 0.3) is 0 Å². The van der Waals surface area contributed by atoms with Gasteiger partial charge in [0.05, 0.1) is 17.3 Å². The molecule has 5 nitrogen and oxygen atoms in total. The van der Waals surface area contributed by atoms with Crippen molar-refractivity contribution >= 4 is 40.6 Å². The van der Waals surface area contributed by atoms with E-state index in [2.05, 4.69) is 5.18 Å². The highest BCUT2D eigenvalue weighted by Crippen LogP contribution is 2.42. The van der Waals surface area contributed by atoms with E-state index in [1.165, 1.54) is 0 Å². The maximum absolute atomic E-state index is 13.5. The summed E-state index contributed by atoms with van der Waals surface area (Å²) < 4.78 is 0. The number of carbonyl (C=O) groups is 1. The van der Waals surface area contributed by atoms with Gasteiger partial charge in [-0.05, 0) is 68.8 Å². The van der Waals surface area contributed by atoms with Crippen molar-refractivity contribution in [2.45, 2.75) is 38.8 Å². The van der Waals surface area contributed by atoms with Crippen LogP contribution in [-0.2, 0) is 0 Å². The van der Waals surface area contributed by atoms with Crippen molar-refractivity contribution in [1.82, 2.24) is 0 Å². The number of halogens is 2. The number of nitrogens with zero attached hydrogens (tertiary/aromatic N) is 3. The van der Waals surface area contributed by atoms with Crippen molar-refractivity contribution in [2.24, 2.45) is 5.18 Å². The number of carbonyl (C=O) groups excluding carboxylic acids is 1. The summed E-state index contributed by atoms with van der Waals surface area (Å²) in [5.74, 6) is 0. The molecule has 0 aliphatic carbocycles. The Morgan fingerprint density at radius 3 is 2.25 bits per heavy atom.